The van der Waals surface area contributed by atoms with Crippen molar-refractivity contribution in [2.75, 3.05) is 12.2 Å². The number of hydrogen-bond donors (Lipinski definition) is 1. The minimum Gasteiger partial charge on any atom is -0.465 e. The molecular formula is C19H15BrN2O5. The van der Waals surface area contributed by atoms with Crippen molar-refractivity contribution in [3.8, 4) is 0 Å². The summed E-state index contributed by atoms with van der Waals surface area (Å²) in [6.45, 7) is 0. The average molecular weight is 431 g/mol. The van der Waals surface area contributed by atoms with Gasteiger partial charge in [0.25, 0.3) is 5.91 Å². The van der Waals surface area contributed by atoms with Crippen LogP contribution in [-0.2, 0) is 19.2 Å². The van der Waals surface area contributed by atoms with Gasteiger partial charge in [-0.1, -0.05) is 28.1 Å². The van der Waals surface area contributed by atoms with Crippen LogP contribution in [0.1, 0.15) is 22.0 Å². The number of anilines is 1. The molecule has 2 aromatic rings. The Kier molecular flexibility index (Phi) is 4.45. The molecule has 7 nitrogen and oxygen atoms in total. The fourth-order valence-electron chi connectivity index (χ4n) is 3.42. The number of methoxy groups -OCH3 is 1. The summed E-state index contributed by atoms with van der Waals surface area (Å²) in [5.74, 6) is -1.93. The molecule has 0 aliphatic carbocycles. The molecule has 2 heterocycles. The first-order chi connectivity index (χ1) is 13.0. The van der Waals surface area contributed by atoms with Crippen LogP contribution < -0.4 is 10.4 Å². The Morgan fingerprint density at radius 3 is 2.37 bits per heavy atom. The SMILES string of the molecule is COC(=O)c1ccc([C@@H]2[C@H]3C(=O)NC(=O)[C@H]3ON2c2ccc(Br)cc2)cc1. The van der Waals surface area contributed by atoms with E-state index in [1.54, 1.807) is 29.3 Å². The van der Waals surface area contributed by atoms with Gasteiger partial charge in [0.15, 0.2) is 6.10 Å². The summed E-state index contributed by atoms with van der Waals surface area (Å²) >= 11 is 3.39. The molecule has 2 aliphatic rings. The minimum atomic E-state index is -0.883. The van der Waals surface area contributed by atoms with E-state index in [1.807, 2.05) is 24.3 Å². The molecule has 138 valence electrons. The summed E-state index contributed by atoms with van der Waals surface area (Å²) in [6, 6.07) is 13.6. The van der Waals surface area contributed by atoms with Gasteiger partial charge in [-0.15, -0.1) is 0 Å². The Balaban J connectivity index is 1.75. The molecule has 8 heteroatoms. The molecule has 2 aromatic carbocycles. The molecule has 0 spiro atoms. The number of esters is 1. The zero-order chi connectivity index (χ0) is 19.1. The molecule has 0 aromatic heterocycles. The fraction of sp³-hybridized carbons (Fsp3) is 0.211. The highest BCUT2D eigenvalue weighted by molar-refractivity contribution is 9.10. The van der Waals surface area contributed by atoms with E-state index in [-0.39, 0.29) is 5.91 Å². The number of carbonyl (C=O) groups excluding carboxylic acids is 3. The average Bonchev–Trinajstić information content (AvgIpc) is 3.20. The topological polar surface area (TPSA) is 84.9 Å². The molecule has 3 atom stereocenters. The fourth-order valence-corrected chi connectivity index (χ4v) is 3.68. The second-order valence-electron chi connectivity index (χ2n) is 6.27. The number of amides is 2. The number of nitrogens with zero attached hydrogens (tertiary/aromatic N) is 1. The Hall–Kier alpha value is -2.71. The summed E-state index contributed by atoms with van der Waals surface area (Å²) in [5.41, 5.74) is 1.87. The maximum Gasteiger partial charge on any atom is 0.337 e. The summed E-state index contributed by atoms with van der Waals surface area (Å²) in [6.07, 6.45) is -0.883. The quantitative estimate of drug-likeness (QED) is 0.594. The Morgan fingerprint density at radius 1 is 1.07 bits per heavy atom. The van der Waals surface area contributed by atoms with E-state index in [0.29, 0.717) is 5.56 Å². The number of fused-ring (bicyclic) bond motifs is 1. The highest BCUT2D eigenvalue weighted by Gasteiger charge is 2.56. The molecule has 0 bridgehead atoms. The second kappa shape index (κ2) is 6.79. The number of imide groups is 1. The maximum atomic E-state index is 12.4. The molecule has 0 unspecified atom stereocenters. The van der Waals surface area contributed by atoms with E-state index in [0.717, 1.165) is 15.7 Å². The monoisotopic (exact) mass is 430 g/mol. The van der Waals surface area contributed by atoms with Gasteiger partial charge in [0.1, 0.15) is 5.92 Å². The van der Waals surface area contributed by atoms with E-state index in [2.05, 4.69) is 21.2 Å². The Morgan fingerprint density at radius 2 is 1.74 bits per heavy atom. The first-order valence-corrected chi connectivity index (χ1v) is 9.03. The van der Waals surface area contributed by atoms with Gasteiger partial charge in [-0.2, -0.15) is 0 Å². The number of hydroxylamine groups is 1. The molecule has 27 heavy (non-hydrogen) atoms. The highest BCUT2D eigenvalue weighted by Crippen LogP contribution is 2.44. The number of carbonyl (C=O) groups is 3. The van der Waals surface area contributed by atoms with E-state index in [1.165, 1.54) is 7.11 Å². The zero-order valence-corrected chi connectivity index (χ0v) is 15.8. The highest BCUT2D eigenvalue weighted by atomic mass is 79.9. The largest absolute Gasteiger partial charge is 0.465 e. The smallest absolute Gasteiger partial charge is 0.337 e. The number of benzene rings is 2. The van der Waals surface area contributed by atoms with Crippen LogP contribution in [0.15, 0.2) is 53.0 Å². The summed E-state index contributed by atoms with van der Waals surface area (Å²) in [7, 11) is 1.31. The van der Waals surface area contributed by atoms with Crippen molar-refractivity contribution < 1.29 is 24.0 Å². The third-order valence-electron chi connectivity index (χ3n) is 4.71. The number of hydrogen-bond acceptors (Lipinski definition) is 6. The van der Waals surface area contributed by atoms with Crippen LogP contribution >= 0.6 is 15.9 Å². The van der Waals surface area contributed by atoms with Crippen molar-refractivity contribution in [3.05, 3.63) is 64.1 Å². The van der Waals surface area contributed by atoms with Gasteiger partial charge in [-0.25, -0.2) is 9.86 Å². The van der Waals surface area contributed by atoms with Gasteiger partial charge in [0.2, 0.25) is 5.91 Å². The summed E-state index contributed by atoms with van der Waals surface area (Å²) in [5, 5.41) is 3.92. The van der Waals surface area contributed by atoms with Crippen LogP contribution in [-0.4, -0.2) is 31.0 Å². The number of ether oxygens (including phenoxy) is 1. The van der Waals surface area contributed by atoms with E-state index >= 15 is 0 Å². The first-order valence-electron chi connectivity index (χ1n) is 8.24. The standard InChI is InChI=1S/C19H15BrN2O5/c1-26-19(25)11-4-2-10(3-5-11)15-14-16(18(24)21-17(14)23)27-22(15)13-8-6-12(20)7-9-13/h2-9,14-16H,1H3,(H,21,23,24)/t14-,15-,16+/m1/s1. The zero-order valence-electron chi connectivity index (χ0n) is 14.2. The molecular weight excluding hydrogens is 416 g/mol. The molecule has 4 rings (SSSR count). The lowest BCUT2D eigenvalue weighted by atomic mass is 9.90. The van der Waals surface area contributed by atoms with Crippen molar-refractivity contribution in [3.63, 3.8) is 0 Å². The number of nitrogens with one attached hydrogen (secondary N) is 1. The second-order valence-corrected chi connectivity index (χ2v) is 7.18. The molecule has 2 aliphatic heterocycles. The normalized spacial score (nSPS) is 23.9. The molecule has 2 saturated heterocycles. The summed E-state index contributed by atoms with van der Waals surface area (Å²) < 4.78 is 5.62. The van der Waals surface area contributed by atoms with Gasteiger partial charge in [0.05, 0.1) is 24.4 Å². The van der Waals surface area contributed by atoms with Crippen molar-refractivity contribution in [2.45, 2.75) is 12.1 Å². The molecule has 0 radical (unpaired) electrons. The maximum absolute atomic E-state index is 12.4. The van der Waals surface area contributed by atoms with E-state index in [9.17, 15) is 14.4 Å². The third-order valence-corrected chi connectivity index (χ3v) is 5.24. The predicted octanol–water partition coefficient (Wildman–Crippen LogP) is 2.37. The third kappa shape index (κ3) is 3.00. The summed E-state index contributed by atoms with van der Waals surface area (Å²) in [4.78, 5) is 42.0. The lowest BCUT2D eigenvalue weighted by Crippen LogP contribution is -2.33. The lowest BCUT2D eigenvalue weighted by molar-refractivity contribution is -0.129. The van der Waals surface area contributed by atoms with Crippen molar-refractivity contribution in [1.82, 2.24) is 5.32 Å². The number of rotatable bonds is 3. The Bertz CT molecular complexity index is 913. The Labute approximate surface area is 163 Å². The van der Waals surface area contributed by atoms with Crippen molar-refractivity contribution in [2.24, 2.45) is 5.92 Å². The molecule has 0 saturated carbocycles. The van der Waals surface area contributed by atoms with E-state index < -0.39 is 29.9 Å². The van der Waals surface area contributed by atoms with Gasteiger partial charge in [0, 0.05) is 4.47 Å². The molecule has 1 N–H and O–H groups in total. The van der Waals surface area contributed by atoms with Crippen LogP contribution in [0.4, 0.5) is 5.69 Å². The molecule has 2 fully saturated rings. The van der Waals surface area contributed by atoms with Crippen LogP contribution in [0.5, 0.6) is 0 Å². The van der Waals surface area contributed by atoms with Crippen molar-refractivity contribution in [1.29, 1.82) is 0 Å². The number of halogens is 1. The van der Waals surface area contributed by atoms with Crippen LogP contribution in [0.3, 0.4) is 0 Å². The van der Waals surface area contributed by atoms with Gasteiger partial charge in [-0.05, 0) is 42.0 Å². The predicted molar refractivity (Wildman–Crippen MR) is 98.7 cm³/mol. The van der Waals surface area contributed by atoms with Gasteiger partial charge < -0.3 is 4.74 Å². The van der Waals surface area contributed by atoms with Gasteiger partial charge >= 0.3 is 5.97 Å². The lowest BCUT2D eigenvalue weighted by Gasteiger charge is -2.27. The van der Waals surface area contributed by atoms with Crippen LogP contribution in [0, 0.1) is 5.92 Å². The minimum absolute atomic E-state index is 0.369. The molecule has 2 amide bonds. The first kappa shape index (κ1) is 17.7. The van der Waals surface area contributed by atoms with Crippen molar-refractivity contribution >= 4 is 39.4 Å². The van der Waals surface area contributed by atoms with Gasteiger partial charge in [-0.3, -0.25) is 19.7 Å². The van der Waals surface area contributed by atoms with Crippen LogP contribution in [0.2, 0.25) is 0 Å². The van der Waals surface area contributed by atoms with E-state index in [4.69, 9.17) is 9.57 Å². The van der Waals surface area contributed by atoms with Crippen LogP contribution in [0.25, 0.3) is 0 Å².